The van der Waals surface area contributed by atoms with Crippen molar-refractivity contribution in [2.24, 2.45) is 11.8 Å². The van der Waals surface area contributed by atoms with E-state index in [1.54, 1.807) is 24.3 Å². The SMILES string of the molecule is O=S(=O)(NCC1CCC(CNc2nc(NC3CCN(Cc4ccccc4)CC3)c3ccccc3n2)CC1)c1ccc(Cl)cc1. The number of rotatable bonds is 11. The van der Waals surface area contributed by atoms with Crippen LogP contribution in [0.25, 0.3) is 10.9 Å². The Bertz CT molecular complexity index is 1620. The standard InChI is InChI=1S/C34H41ClN6O2S/c35-28-14-16-30(17-15-28)44(42,43)37-23-26-12-10-25(11-13-26)22-36-34-39-32-9-5-4-8-31(32)33(40-34)38-29-18-20-41(21-19-29)24-27-6-2-1-3-7-27/h1-9,14-17,25-26,29,37H,10-13,18-24H2,(H2,36,38,39,40). The molecule has 4 aromatic rings. The van der Waals surface area contributed by atoms with E-state index in [9.17, 15) is 8.42 Å². The average molecular weight is 633 g/mol. The zero-order valence-corrected chi connectivity index (χ0v) is 26.5. The van der Waals surface area contributed by atoms with Gasteiger partial charge in [0.25, 0.3) is 0 Å². The summed E-state index contributed by atoms with van der Waals surface area (Å²) in [6.07, 6.45) is 6.22. The van der Waals surface area contributed by atoms with Crippen LogP contribution >= 0.6 is 11.6 Å². The van der Waals surface area contributed by atoms with Crippen molar-refractivity contribution in [3.63, 3.8) is 0 Å². The van der Waals surface area contributed by atoms with Gasteiger partial charge in [0, 0.05) is 49.2 Å². The molecule has 1 aliphatic carbocycles. The molecular weight excluding hydrogens is 592 g/mol. The Balaban J connectivity index is 0.995. The summed E-state index contributed by atoms with van der Waals surface area (Å²) in [7, 11) is -3.53. The van der Waals surface area contributed by atoms with Crippen LogP contribution in [0, 0.1) is 11.8 Å². The van der Waals surface area contributed by atoms with E-state index >= 15 is 0 Å². The molecule has 2 aliphatic rings. The Morgan fingerprint density at radius 3 is 2.16 bits per heavy atom. The number of hydrogen-bond acceptors (Lipinski definition) is 7. The van der Waals surface area contributed by atoms with Gasteiger partial charge in [-0.15, -0.1) is 0 Å². The minimum atomic E-state index is -3.53. The average Bonchev–Trinajstić information content (AvgIpc) is 3.05. The first kappa shape index (κ1) is 30.8. The van der Waals surface area contributed by atoms with E-state index in [-0.39, 0.29) is 4.90 Å². The molecule has 1 aliphatic heterocycles. The van der Waals surface area contributed by atoms with E-state index in [1.807, 2.05) is 18.2 Å². The molecule has 0 spiro atoms. The molecule has 0 bridgehead atoms. The predicted octanol–water partition coefficient (Wildman–Crippen LogP) is 6.56. The predicted molar refractivity (Wildman–Crippen MR) is 178 cm³/mol. The molecule has 0 unspecified atom stereocenters. The van der Waals surface area contributed by atoms with Gasteiger partial charge in [-0.2, -0.15) is 4.98 Å². The molecule has 1 saturated heterocycles. The maximum absolute atomic E-state index is 12.7. The number of para-hydroxylation sites is 1. The Morgan fingerprint density at radius 2 is 1.43 bits per heavy atom. The van der Waals surface area contributed by atoms with E-state index in [2.05, 4.69) is 56.7 Å². The third-order valence-corrected chi connectivity index (χ3v) is 10.7. The molecule has 3 N–H and O–H groups in total. The largest absolute Gasteiger partial charge is 0.367 e. The van der Waals surface area contributed by atoms with Crippen LogP contribution in [-0.4, -0.2) is 55.5 Å². The number of hydrogen-bond donors (Lipinski definition) is 3. The summed E-state index contributed by atoms with van der Waals surface area (Å²) in [6.45, 7) is 4.38. The Hall–Kier alpha value is -3.24. The van der Waals surface area contributed by atoms with Crippen molar-refractivity contribution in [1.82, 2.24) is 19.6 Å². The number of likely N-dealkylation sites (tertiary alicyclic amines) is 1. The molecule has 8 nitrogen and oxygen atoms in total. The number of halogens is 1. The first-order valence-electron chi connectivity index (χ1n) is 15.7. The first-order valence-corrected chi connectivity index (χ1v) is 17.6. The maximum Gasteiger partial charge on any atom is 0.240 e. The van der Waals surface area contributed by atoms with Crippen molar-refractivity contribution in [3.05, 3.63) is 89.4 Å². The van der Waals surface area contributed by atoms with Gasteiger partial charge in [0.15, 0.2) is 0 Å². The lowest BCUT2D eigenvalue weighted by Gasteiger charge is -2.33. The summed E-state index contributed by atoms with van der Waals surface area (Å²) in [5.74, 6) is 2.39. The van der Waals surface area contributed by atoms with Crippen LogP contribution < -0.4 is 15.4 Å². The monoisotopic (exact) mass is 632 g/mol. The number of nitrogens with one attached hydrogen (secondary N) is 3. The molecular formula is C34H41ClN6O2S. The zero-order chi connectivity index (χ0) is 30.4. The third kappa shape index (κ3) is 8.07. The van der Waals surface area contributed by atoms with E-state index < -0.39 is 10.0 Å². The number of fused-ring (bicyclic) bond motifs is 1. The lowest BCUT2D eigenvalue weighted by atomic mass is 9.82. The minimum Gasteiger partial charge on any atom is -0.367 e. The quantitative estimate of drug-likeness (QED) is 0.172. The van der Waals surface area contributed by atoms with Crippen molar-refractivity contribution in [1.29, 1.82) is 0 Å². The van der Waals surface area contributed by atoms with Crippen LogP contribution in [0.4, 0.5) is 11.8 Å². The Kier molecular flexibility index (Phi) is 9.96. The number of aromatic nitrogens is 2. The molecule has 6 rings (SSSR count). The summed E-state index contributed by atoms with van der Waals surface area (Å²) in [5, 5.41) is 8.84. The summed E-state index contributed by atoms with van der Waals surface area (Å²) in [5.41, 5.74) is 2.30. The number of anilines is 2. The highest BCUT2D eigenvalue weighted by atomic mass is 35.5. The first-order chi connectivity index (χ1) is 21.4. The number of sulfonamides is 1. The van der Waals surface area contributed by atoms with Gasteiger partial charge < -0.3 is 10.6 Å². The Labute approximate surface area is 265 Å². The molecule has 2 heterocycles. The van der Waals surface area contributed by atoms with E-state index in [0.29, 0.717) is 35.4 Å². The lowest BCUT2D eigenvalue weighted by molar-refractivity contribution is 0.211. The van der Waals surface area contributed by atoms with Crippen LogP contribution in [0.5, 0.6) is 0 Å². The topological polar surface area (TPSA) is 99.2 Å². The number of nitrogens with zero attached hydrogens (tertiary/aromatic N) is 3. The van der Waals surface area contributed by atoms with Gasteiger partial charge in [-0.25, -0.2) is 18.1 Å². The second kappa shape index (κ2) is 14.2. The van der Waals surface area contributed by atoms with Crippen molar-refractivity contribution < 1.29 is 8.42 Å². The van der Waals surface area contributed by atoms with E-state index in [0.717, 1.165) is 81.4 Å². The molecule has 1 aromatic heterocycles. The van der Waals surface area contributed by atoms with Crippen molar-refractivity contribution in [3.8, 4) is 0 Å². The van der Waals surface area contributed by atoms with Gasteiger partial charge in [-0.1, -0.05) is 54.1 Å². The fourth-order valence-electron chi connectivity index (χ4n) is 6.34. The summed E-state index contributed by atoms with van der Waals surface area (Å²) >= 11 is 5.90. The molecule has 3 aromatic carbocycles. The molecule has 44 heavy (non-hydrogen) atoms. The number of piperidine rings is 1. The third-order valence-electron chi connectivity index (χ3n) is 8.98. The van der Waals surface area contributed by atoms with Gasteiger partial charge >= 0.3 is 0 Å². The highest BCUT2D eigenvalue weighted by Gasteiger charge is 2.24. The van der Waals surface area contributed by atoms with Gasteiger partial charge in [0.2, 0.25) is 16.0 Å². The molecule has 232 valence electrons. The van der Waals surface area contributed by atoms with Crippen LogP contribution in [-0.2, 0) is 16.6 Å². The molecule has 10 heteroatoms. The molecule has 0 radical (unpaired) electrons. The van der Waals surface area contributed by atoms with Crippen LogP contribution in [0.1, 0.15) is 44.1 Å². The van der Waals surface area contributed by atoms with Crippen molar-refractivity contribution in [2.75, 3.05) is 36.8 Å². The molecule has 0 amide bonds. The fourth-order valence-corrected chi connectivity index (χ4v) is 7.58. The van der Waals surface area contributed by atoms with Crippen LogP contribution in [0.2, 0.25) is 5.02 Å². The Morgan fingerprint density at radius 1 is 0.773 bits per heavy atom. The van der Waals surface area contributed by atoms with E-state index in [1.165, 1.54) is 5.56 Å². The lowest BCUT2D eigenvalue weighted by Crippen LogP contribution is -2.38. The van der Waals surface area contributed by atoms with Gasteiger partial charge in [-0.05, 0) is 92.3 Å². The van der Waals surface area contributed by atoms with Crippen LogP contribution in [0.15, 0.2) is 83.8 Å². The maximum atomic E-state index is 12.7. The minimum absolute atomic E-state index is 0.248. The smallest absolute Gasteiger partial charge is 0.240 e. The van der Waals surface area contributed by atoms with Gasteiger partial charge in [-0.3, -0.25) is 4.90 Å². The number of benzene rings is 3. The summed E-state index contributed by atoms with van der Waals surface area (Å²) < 4.78 is 28.1. The summed E-state index contributed by atoms with van der Waals surface area (Å²) in [6, 6.07) is 25.5. The zero-order valence-electron chi connectivity index (χ0n) is 25.0. The molecule has 1 saturated carbocycles. The van der Waals surface area contributed by atoms with Crippen LogP contribution in [0.3, 0.4) is 0 Å². The molecule has 2 fully saturated rings. The fraction of sp³-hybridized carbons (Fsp3) is 0.412. The summed E-state index contributed by atoms with van der Waals surface area (Å²) in [4.78, 5) is 12.5. The van der Waals surface area contributed by atoms with Gasteiger partial charge in [0.05, 0.1) is 10.4 Å². The molecule has 0 atom stereocenters. The highest BCUT2D eigenvalue weighted by molar-refractivity contribution is 7.89. The highest BCUT2D eigenvalue weighted by Crippen LogP contribution is 2.30. The normalized spacial score (nSPS) is 20.0. The second-order valence-electron chi connectivity index (χ2n) is 12.2. The van der Waals surface area contributed by atoms with Crippen molar-refractivity contribution in [2.45, 2.75) is 56.0 Å². The second-order valence-corrected chi connectivity index (χ2v) is 14.4. The van der Waals surface area contributed by atoms with Gasteiger partial charge in [0.1, 0.15) is 5.82 Å². The van der Waals surface area contributed by atoms with Crippen molar-refractivity contribution >= 4 is 44.3 Å². The van der Waals surface area contributed by atoms with E-state index in [4.69, 9.17) is 21.6 Å².